The van der Waals surface area contributed by atoms with Crippen LogP contribution in [0.2, 0.25) is 0 Å². The highest BCUT2D eigenvalue weighted by atomic mass is 19.1. The van der Waals surface area contributed by atoms with Gasteiger partial charge in [-0.2, -0.15) is 4.68 Å². The van der Waals surface area contributed by atoms with Crippen molar-refractivity contribution in [3.63, 3.8) is 0 Å². The molecule has 0 aliphatic carbocycles. The predicted octanol–water partition coefficient (Wildman–Crippen LogP) is 2.39. The minimum Gasteiger partial charge on any atom is -0.448 e. The average molecular weight is 466 g/mol. The van der Waals surface area contributed by atoms with Gasteiger partial charge in [0.05, 0.1) is 48.3 Å². The van der Waals surface area contributed by atoms with Crippen LogP contribution in [0.1, 0.15) is 27.6 Å². The van der Waals surface area contributed by atoms with Crippen molar-refractivity contribution in [1.29, 1.82) is 0 Å². The lowest BCUT2D eigenvalue weighted by Crippen LogP contribution is -2.62. The van der Waals surface area contributed by atoms with Crippen molar-refractivity contribution in [2.24, 2.45) is 0 Å². The molecule has 0 spiro atoms. The Morgan fingerprint density at radius 2 is 1.79 bits per heavy atom. The highest BCUT2D eigenvalue weighted by Gasteiger charge is 2.41. The minimum absolute atomic E-state index is 0.161. The monoisotopic (exact) mass is 466 g/mol. The average Bonchev–Trinajstić information content (AvgIpc) is 3.34. The van der Waals surface area contributed by atoms with Crippen LogP contribution in [0, 0.1) is 5.82 Å². The number of aromatic nitrogens is 2. The zero-order valence-corrected chi connectivity index (χ0v) is 18.8. The van der Waals surface area contributed by atoms with Gasteiger partial charge in [-0.15, -0.1) is 5.10 Å². The second-order valence-corrected chi connectivity index (χ2v) is 8.47. The van der Waals surface area contributed by atoms with Gasteiger partial charge >= 0.3 is 6.09 Å². The van der Waals surface area contributed by atoms with E-state index in [9.17, 15) is 18.8 Å². The maximum atomic E-state index is 14.1. The molecular formula is C24H25FN5O4+. The summed E-state index contributed by atoms with van der Waals surface area (Å²) in [6, 6.07) is 11.0. The molecule has 2 aliphatic heterocycles. The third-order valence-electron chi connectivity index (χ3n) is 6.58. The molecule has 1 N–H and O–H groups in total. The van der Waals surface area contributed by atoms with Crippen molar-refractivity contribution >= 4 is 34.6 Å². The zero-order valence-electron chi connectivity index (χ0n) is 18.8. The molecule has 2 aliphatic rings. The molecule has 2 amide bonds. The zero-order chi connectivity index (χ0) is 23.9. The van der Waals surface area contributed by atoms with Crippen molar-refractivity contribution in [2.75, 3.05) is 45.9 Å². The van der Waals surface area contributed by atoms with Gasteiger partial charge in [-0.05, 0) is 31.2 Å². The molecule has 3 aromatic rings. The number of amides is 2. The van der Waals surface area contributed by atoms with E-state index < -0.39 is 11.9 Å². The third-order valence-corrected chi connectivity index (χ3v) is 6.58. The van der Waals surface area contributed by atoms with E-state index in [1.54, 1.807) is 37.3 Å². The highest BCUT2D eigenvalue weighted by Crippen LogP contribution is 2.33. The fourth-order valence-corrected chi connectivity index (χ4v) is 4.84. The Kier molecular flexibility index (Phi) is 5.62. The second kappa shape index (κ2) is 8.62. The Morgan fingerprint density at radius 3 is 2.44 bits per heavy atom. The van der Waals surface area contributed by atoms with E-state index in [-0.39, 0.29) is 25.0 Å². The van der Waals surface area contributed by atoms with Crippen LogP contribution in [-0.4, -0.2) is 78.5 Å². The summed E-state index contributed by atoms with van der Waals surface area (Å²) in [6.07, 6.45) is -0.682. The van der Waals surface area contributed by atoms with Gasteiger partial charge in [0.1, 0.15) is 12.4 Å². The number of ether oxygens (including phenoxy) is 1. The minimum atomic E-state index is -0.682. The summed E-state index contributed by atoms with van der Waals surface area (Å²) in [6.45, 7) is 5.12. The van der Waals surface area contributed by atoms with Gasteiger partial charge < -0.3 is 10.1 Å². The number of hydrogen-bond donors (Lipinski definition) is 1. The van der Waals surface area contributed by atoms with E-state index in [1.165, 1.54) is 17.0 Å². The summed E-state index contributed by atoms with van der Waals surface area (Å²) in [5.41, 5.74) is 1.14. The van der Waals surface area contributed by atoms with E-state index in [1.807, 2.05) is 0 Å². The second-order valence-electron chi connectivity index (χ2n) is 8.47. The summed E-state index contributed by atoms with van der Waals surface area (Å²) >= 11 is 0. The molecule has 0 unspecified atom stereocenters. The summed E-state index contributed by atoms with van der Waals surface area (Å²) in [4.78, 5) is 39.7. The number of carbonyl (C=O) groups excluding carboxylic acids is 3. The fourth-order valence-electron chi connectivity index (χ4n) is 4.84. The number of nitrogens with one attached hydrogen (secondary N) is 1. The van der Waals surface area contributed by atoms with Gasteiger partial charge in [0.2, 0.25) is 0 Å². The van der Waals surface area contributed by atoms with Crippen LogP contribution in [-0.2, 0) is 4.74 Å². The van der Waals surface area contributed by atoms with Crippen LogP contribution >= 0.6 is 0 Å². The van der Waals surface area contributed by atoms with Crippen molar-refractivity contribution in [3.05, 3.63) is 59.4 Å². The van der Waals surface area contributed by atoms with E-state index in [0.717, 1.165) is 4.68 Å². The number of nitrogens with zero attached hydrogens (tertiary/aromatic N) is 4. The maximum Gasteiger partial charge on any atom is 0.435 e. The van der Waals surface area contributed by atoms with Crippen molar-refractivity contribution in [3.8, 4) is 0 Å². The molecule has 1 fully saturated rings. The number of imide groups is 1. The molecule has 10 heteroatoms. The quantitative estimate of drug-likeness (QED) is 0.459. The Hall–Kier alpha value is -3.63. The van der Waals surface area contributed by atoms with Crippen LogP contribution in [0.4, 0.5) is 15.0 Å². The van der Waals surface area contributed by atoms with Crippen LogP contribution in [0.15, 0.2) is 42.5 Å². The molecule has 9 nitrogen and oxygen atoms in total. The summed E-state index contributed by atoms with van der Waals surface area (Å²) < 4.78 is 20.7. The number of benzene rings is 2. The Labute approximate surface area is 195 Å². The number of quaternary nitrogens is 1. The third kappa shape index (κ3) is 3.55. The van der Waals surface area contributed by atoms with E-state index >= 15 is 0 Å². The van der Waals surface area contributed by atoms with E-state index in [2.05, 4.69) is 10.4 Å². The molecule has 0 atom stereocenters. The van der Waals surface area contributed by atoms with Crippen molar-refractivity contribution in [2.45, 2.75) is 6.92 Å². The lowest BCUT2D eigenvalue weighted by molar-refractivity contribution is 0.0634. The number of fused-ring (bicyclic) bond motifs is 2. The molecule has 1 aromatic heterocycles. The van der Waals surface area contributed by atoms with Crippen LogP contribution in [0.3, 0.4) is 0 Å². The molecule has 34 heavy (non-hydrogen) atoms. The number of hydrogen-bond acceptors (Lipinski definition) is 6. The molecule has 5 rings (SSSR count). The molecule has 3 heterocycles. The molecule has 176 valence electrons. The first kappa shape index (κ1) is 22.2. The molecule has 0 saturated carbocycles. The van der Waals surface area contributed by atoms with Gasteiger partial charge in [-0.3, -0.25) is 19.0 Å². The normalized spacial score (nSPS) is 17.3. The maximum absolute atomic E-state index is 14.1. The number of carbonyl (C=O) groups is 3. The largest absolute Gasteiger partial charge is 0.448 e. The first-order valence-corrected chi connectivity index (χ1v) is 11.3. The smallest absolute Gasteiger partial charge is 0.435 e. The summed E-state index contributed by atoms with van der Waals surface area (Å²) in [7, 11) is 0. The molecule has 0 radical (unpaired) electrons. The van der Waals surface area contributed by atoms with Crippen molar-refractivity contribution < 1.29 is 23.5 Å². The van der Waals surface area contributed by atoms with Crippen LogP contribution < -0.4 is 9.80 Å². The fraction of sp³-hybridized carbons (Fsp3) is 0.333. The van der Waals surface area contributed by atoms with Gasteiger partial charge in [0.15, 0.2) is 0 Å². The standard InChI is InChI=1S/C24H25FN5O4/c1-2-34-24(33)29-20-15-16(25)7-8-19(20)21(27-29)30(12-9-26-10-13-30)14-11-28-22(31)17-5-3-4-6-18(17)23(28)32/h3-8,15,26H,2,9-14H2,1H3/q+1. The lowest BCUT2D eigenvalue weighted by Gasteiger charge is -2.40. The topological polar surface area (TPSA) is 93.5 Å². The van der Waals surface area contributed by atoms with E-state index in [0.29, 0.717) is 65.1 Å². The first-order chi connectivity index (χ1) is 16.4. The van der Waals surface area contributed by atoms with Gasteiger partial charge in [-0.25, -0.2) is 9.18 Å². The van der Waals surface area contributed by atoms with Crippen molar-refractivity contribution in [1.82, 2.24) is 24.5 Å². The first-order valence-electron chi connectivity index (χ1n) is 11.3. The Morgan fingerprint density at radius 1 is 1.12 bits per heavy atom. The molecule has 1 saturated heterocycles. The van der Waals surface area contributed by atoms with Gasteiger partial charge in [-0.1, -0.05) is 12.1 Å². The summed E-state index contributed by atoms with van der Waals surface area (Å²) in [5.74, 6) is -0.501. The van der Waals surface area contributed by atoms with E-state index in [4.69, 9.17) is 4.74 Å². The Bertz CT molecular complexity index is 1260. The summed E-state index contributed by atoms with van der Waals surface area (Å²) in [5, 5.41) is 8.56. The lowest BCUT2D eigenvalue weighted by atomic mass is 10.1. The van der Waals surface area contributed by atoms with Gasteiger partial charge in [0.25, 0.3) is 17.6 Å². The number of rotatable bonds is 5. The van der Waals surface area contributed by atoms with Gasteiger partial charge in [0, 0.05) is 19.2 Å². The molecule has 2 aromatic carbocycles. The highest BCUT2D eigenvalue weighted by molar-refractivity contribution is 6.21. The van der Waals surface area contributed by atoms with Crippen LogP contribution in [0.5, 0.6) is 0 Å². The number of halogens is 1. The molecular weight excluding hydrogens is 441 g/mol. The number of piperazine rings is 1. The Balaban J connectivity index is 1.53. The molecule has 0 bridgehead atoms. The SMILES string of the molecule is CCOC(=O)n1nc([N+]2(CCN3C(=O)c4ccccc4C3=O)CCNCC2)c2ccc(F)cc21. The predicted molar refractivity (Wildman–Crippen MR) is 123 cm³/mol. The van der Waals surface area contributed by atoms with Crippen LogP contribution in [0.25, 0.3) is 10.9 Å².